The van der Waals surface area contributed by atoms with Gasteiger partial charge in [0.15, 0.2) is 14.1 Å². The molecule has 6 nitrogen and oxygen atoms in total. The fraction of sp³-hybridized carbons (Fsp3) is 0.706. The van der Waals surface area contributed by atoms with E-state index in [9.17, 15) is 20.0 Å². The van der Waals surface area contributed by atoms with E-state index in [0.29, 0.717) is 12.0 Å². The highest BCUT2D eigenvalue weighted by Crippen LogP contribution is 2.52. The summed E-state index contributed by atoms with van der Waals surface area (Å²) in [6.45, 7) is 13.7. The van der Waals surface area contributed by atoms with Crippen LogP contribution in [-0.2, 0) is 9.22 Å². The third-order valence-corrected chi connectivity index (χ3v) is 10.5. The number of carbonyl (C=O) groups is 1. The van der Waals surface area contributed by atoms with Gasteiger partial charge in [-0.3, -0.25) is 14.9 Å². The lowest BCUT2D eigenvalue weighted by Crippen LogP contribution is -2.49. The predicted molar refractivity (Wildman–Crippen MR) is 94.0 cm³/mol. The van der Waals surface area contributed by atoms with Gasteiger partial charge < -0.3 is 9.53 Å². The van der Waals surface area contributed by atoms with Crippen LogP contribution < -0.4 is 0 Å². The first kappa shape index (κ1) is 18.9. The number of fused-ring (bicyclic) bond motifs is 1. The summed E-state index contributed by atoms with van der Waals surface area (Å²) in [5.74, 6) is -0.851. The molecule has 0 radical (unpaired) electrons. The first-order valence-electron chi connectivity index (χ1n) is 8.20. The standard InChI is InChI=1S/C17H27NO5Si/c1-10-11-8-13(23-24(6,7)16(2,3)4)15(18(21)22)17(11,5)9-12(19)14(10)20/h9,13,15,19H,8H2,1-7H3/t13-,15+,17+/m0/s1. The molecule has 2 aliphatic rings. The molecule has 0 aliphatic heterocycles. The summed E-state index contributed by atoms with van der Waals surface area (Å²) in [7, 11) is -2.21. The highest BCUT2D eigenvalue weighted by atomic mass is 28.4. The monoisotopic (exact) mass is 353 g/mol. The maximum Gasteiger partial charge on any atom is 0.250 e. The average molecular weight is 353 g/mol. The van der Waals surface area contributed by atoms with E-state index in [4.69, 9.17) is 4.43 Å². The molecule has 0 amide bonds. The van der Waals surface area contributed by atoms with Gasteiger partial charge in [-0.15, -0.1) is 0 Å². The quantitative estimate of drug-likeness (QED) is 0.474. The molecule has 134 valence electrons. The molecule has 0 heterocycles. The summed E-state index contributed by atoms with van der Waals surface area (Å²) >= 11 is 0. The van der Waals surface area contributed by atoms with Crippen LogP contribution in [0.5, 0.6) is 0 Å². The van der Waals surface area contributed by atoms with E-state index in [0.717, 1.165) is 5.57 Å². The lowest BCUT2D eigenvalue weighted by molar-refractivity contribution is -0.542. The van der Waals surface area contributed by atoms with E-state index in [1.54, 1.807) is 13.8 Å². The number of hydrogen-bond donors (Lipinski definition) is 1. The van der Waals surface area contributed by atoms with Gasteiger partial charge in [0.05, 0.1) is 5.41 Å². The summed E-state index contributed by atoms with van der Waals surface area (Å²) in [5, 5.41) is 21.7. The van der Waals surface area contributed by atoms with Gasteiger partial charge >= 0.3 is 0 Å². The van der Waals surface area contributed by atoms with Crippen LogP contribution in [0.4, 0.5) is 0 Å². The number of nitrogens with zero attached hydrogens (tertiary/aromatic N) is 1. The van der Waals surface area contributed by atoms with E-state index >= 15 is 0 Å². The molecule has 7 heteroatoms. The van der Waals surface area contributed by atoms with Crippen LogP contribution in [0.15, 0.2) is 23.0 Å². The molecule has 3 atom stereocenters. The van der Waals surface area contributed by atoms with Crippen molar-refractivity contribution in [3.8, 4) is 0 Å². The molecule has 2 aliphatic carbocycles. The molecule has 0 spiro atoms. The summed E-state index contributed by atoms with van der Waals surface area (Å²) < 4.78 is 6.35. The van der Waals surface area contributed by atoms with Gasteiger partial charge in [0.1, 0.15) is 6.10 Å². The van der Waals surface area contributed by atoms with Crippen LogP contribution in [0.2, 0.25) is 18.1 Å². The number of allylic oxidation sites excluding steroid dienone is 1. The zero-order chi connectivity index (χ0) is 18.7. The van der Waals surface area contributed by atoms with Crippen molar-refractivity contribution < 1.29 is 19.3 Å². The second-order valence-electron chi connectivity index (χ2n) is 8.60. The second kappa shape index (κ2) is 5.52. The third-order valence-electron chi connectivity index (χ3n) is 5.96. The number of rotatable bonds is 3. The van der Waals surface area contributed by atoms with Crippen LogP contribution in [0, 0.1) is 15.5 Å². The zero-order valence-corrected chi connectivity index (χ0v) is 16.5. The van der Waals surface area contributed by atoms with Gasteiger partial charge in [0.25, 0.3) is 0 Å². The van der Waals surface area contributed by atoms with Gasteiger partial charge in [0, 0.05) is 16.9 Å². The minimum Gasteiger partial charge on any atom is -0.504 e. The van der Waals surface area contributed by atoms with E-state index in [-0.39, 0.29) is 9.96 Å². The Hall–Kier alpha value is -1.47. The maximum atomic E-state index is 12.1. The van der Waals surface area contributed by atoms with Crippen LogP contribution in [-0.4, -0.2) is 36.3 Å². The molecule has 0 aromatic heterocycles. The van der Waals surface area contributed by atoms with Crippen LogP contribution in [0.25, 0.3) is 0 Å². The topological polar surface area (TPSA) is 89.7 Å². The molecule has 0 unspecified atom stereocenters. The number of aliphatic hydroxyl groups is 1. The average Bonchev–Trinajstić information content (AvgIpc) is 2.66. The number of hydrogen-bond acceptors (Lipinski definition) is 5. The zero-order valence-electron chi connectivity index (χ0n) is 15.5. The van der Waals surface area contributed by atoms with Gasteiger partial charge in [0.2, 0.25) is 11.8 Å². The Bertz CT molecular complexity index is 658. The number of Topliss-reactive ketones (excluding diaryl/α,β-unsaturated/α-hetero) is 1. The molecular formula is C17H27NO5Si. The molecule has 0 aromatic carbocycles. The van der Waals surface area contributed by atoms with E-state index in [2.05, 4.69) is 33.9 Å². The van der Waals surface area contributed by atoms with Crippen molar-refractivity contribution in [2.75, 3.05) is 0 Å². The fourth-order valence-corrected chi connectivity index (χ4v) is 4.84. The van der Waals surface area contributed by atoms with Crippen molar-refractivity contribution in [1.82, 2.24) is 0 Å². The summed E-state index contributed by atoms with van der Waals surface area (Å²) in [5.41, 5.74) is 0.139. The van der Waals surface area contributed by atoms with Gasteiger partial charge in [-0.1, -0.05) is 20.8 Å². The minimum absolute atomic E-state index is 0.0694. The predicted octanol–water partition coefficient (Wildman–Crippen LogP) is 3.77. The Morgan fingerprint density at radius 2 is 1.96 bits per heavy atom. The number of carbonyl (C=O) groups excluding carboxylic acids is 1. The minimum atomic E-state index is -2.21. The lowest BCUT2D eigenvalue weighted by Gasteiger charge is -2.39. The van der Waals surface area contributed by atoms with E-state index < -0.39 is 37.4 Å². The number of nitro groups is 1. The molecule has 1 N–H and O–H groups in total. The smallest absolute Gasteiger partial charge is 0.250 e. The highest BCUT2D eigenvalue weighted by Gasteiger charge is 2.60. The Morgan fingerprint density at radius 3 is 2.42 bits per heavy atom. The Kier molecular flexibility index (Phi) is 4.34. The first-order chi connectivity index (χ1) is 10.7. The molecular weight excluding hydrogens is 326 g/mol. The summed E-state index contributed by atoms with van der Waals surface area (Å²) in [6, 6.07) is -1.01. The fourth-order valence-electron chi connectivity index (χ4n) is 3.52. The Balaban J connectivity index is 2.50. The van der Waals surface area contributed by atoms with Crippen LogP contribution in [0.1, 0.15) is 41.0 Å². The molecule has 0 saturated heterocycles. The van der Waals surface area contributed by atoms with Gasteiger partial charge in [-0.25, -0.2) is 0 Å². The lowest BCUT2D eigenvalue weighted by atomic mass is 9.74. The van der Waals surface area contributed by atoms with Gasteiger partial charge in [-0.2, -0.15) is 0 Å². The van der Waals surface area contributed by atoms with Gasteiger partial charge in [-0.05, 0) is 43.6 Å². The molecule has 24 heavy (non-hydrogen) atoms. The Morgan fingerprint density at radius 1 is 1.42 bits per heavy atom. The largest absolute Gasteiger partial charge is 0.504 e. The van der Waals surface area contributed by atoms with Crippen molar-refractivity contribution in [2.45, 2.75) is 71.3 Å². The molecule has 0 bridgehead atoms. The Labute approximate surface area is 143 Å². The number of aliphatic hydroxyl groups excluding tert-OH is 1. The molecule has 1 saturated carbocycles. The first-order valence-corrected chi connectivity index (χ1v) is 11.1. The van der Waals surface area contributed by atoms with Crippen molar-refractivity contribution in [3.63, 3.8) is 0 Å². The third kappa shape index (κ3) is 2.73. The van der Waals surface area contributed by atoms with Crippen LogP contribution >= 0.6 is 0 Å². The van der Waals surface area contributed by atoms with Crippen molar-refractivity contribution in [2.24, 2.45) is 5.41 Å². The normalized spacial score (nSPS) is 31.1. The highest BCUT2D eigenvalue weighted by molar-refractivity contribution is 6.74. The van der Waals surface area contributed by atoms with Crippen molar-refractivity contribution in [3.05, 3.63) is 33.1 Å². The summed E-state index contributed by atoms with van der Waals surface area (Å²) in [6.07, 6.45) is 1.11. The van der Waals surface area contributed by atoms with E-state index in [1.807, 2.05) is 0 Å². The SMILES string of the molecule is CC1=C2C[C@H](O[Si](C)(C)C(C)(C)C)[C@@H]([N+](=O)[O-])[C@]2(C)C=C(O)C1=O. The van der Waals surface area contributed by atoms with Crippen molar-refractivity contribution >= 4 is 14.1 Å². The second-order valence-corrected chi connectivity index (χ2v) is 13.4. The molecule has 2 rings (SSSR count). The van der Waals surface area contributed by atoms with Crippen molar-refractivity contribution in [1.29, 1.82) is 0 Å². The maximum absolute atomic E-state index is 12.1. The van der Waals surface area contributed by atoms with E-state index in [1.165, 1.54) is 6.08 Å². The van der Waals surface area contributed by atoms with Crippen LogP contribution in [0.3, 0.4) is 0 Å². The summed E-state index contributed by atoms with van der Waals surface area (Å²) in [4.78, 5) is 23.6. The molecule has 1 fully saturated rings. The number of ketones is 1. The molecule has 0 aromatic rings.